The van der Waals surface area contributed by atoms with Gasteiger partial charge in [0.15, 0.2) is 5.58 Å². The molecular formula is C37H45N5O7. The summed E-state index contributed by atoms with van der Waals surface area (Å²) in [5, 5.41) is 19.5. The Labute approximate surface area is 286 Å². The van der Waals surface area contributed by atoms with Gasteiger partial charge in [-0.05, 0) is 61.9 Å². The second-order valence-electron chi connectivity index (χ2n) is 13.4. The Hall–Kier alpha value is -4.49. The molecule has 1 aliphatic carbocycles. The maximum atomic E-state index is 13.6. The number of benzene rings is 3. The highest BCUT2D eigenvalue weighted by Crippen LogP contribution is 2.40. The summed E-state index contributed by atoms with van der Waals surface area (Å²) in [7, 11) is 0. The van der Waals surface area contributed by atoms with E-state index in [1.165, 1.54) is 0 Å². The van der Waals surface area contributed by atoms with Crippen LogP contribution in [-0.4, -0.2) is 71.1 Å². The third kappa shape index (κ3) is 8.95. The van der Waals surface area contributed by atoms with Crippen molar-refractivity contribution in [2.24, 2.45) is 17.8 Å². The number of hydrazine groups is 1. The maximum Gasteiger partial charge on any atom is 0.407 e. The van der Waals surface area contributed by atoms with Gasteiger partial charge in [0.2, 0.25) is 0 Å². The summed E-state index contributed by atoms with van der Waals surface area (Å²) in [6.07, 6.45) is -0.812. The first kappa shape index (κ1) is 34.4. The first-order valence-electron chi connectivity index (χ1n) is 16.9. The van der Waals surface area contributed by atoms with Crippen LogP contribution in [0.1, 0.15) is 48.7 Å². The Bertz CT molecular complexity index is 1680. The zero-order valence-electron chi connectivity index (χ0n) is 28.1. The summed E-state index contributed by atoms with van der Waals surface area (Å²) < 4.78 is 11.8. The average molecular weight is 672 g/mol. The van der Waals surface area contributed by atoms with Crippen LogP contribution in [-0.2, 0) is 27.5 Å². The molecule has 4 N–H and O–H groups in total. The van der Waals surface area contributed by atoms with Crippen LogP contribution in [0.15, 0.2) is 83.3 Å². The Kier molecular flexibility index (Phi) is 11.1. The largest absolute Gasteiger partial charge is 0.445 e. The molecule has 12 nitrogen and oxygen atoms in total. The highest BCUT2D eigenvalue weighted by molar-refractivity contribution is 5.97. The summed E-state index contributed by atoms with van der Waals surface area (Å²) in [6.45, 7) is 7.15. The van der Waals surface area contributed by atoms with E-state index in [9.17, 15) is 14.7 Å². The third-order valence-electron chi connectivity index (χ3n) is 9.17. The molecule has 4 unspecified atom stereocenters. The summed E-state index contributed by atoms with van der Waals surface area (Å²) in [6, 6.07) is 24.1. The molecule has 2 bridgehead atoms. The number of amides is 2. The van der Waals surface area contributed by atoms with Gasteiger partial charge in [0.05, 0.1) is 25.4 Å². The number of aromatic nitrogens is 1. The van der Waals surface area contributed by atoms with Crippen molar-refractivity contribution < 1.29 is 33.6 Å². The lowest BCUT2D eigenvalue weighted by Crippen LogP contribution is -2.53. The second-order valence-corrected chi connectivity index (χ2v) is 13.4. The number of aliphatic hydroxyl groups is 1. The van der Waals surface area contributed by atoms with Crippen LogP contribution in [0.3, 0.4) is 0 Å². The Morgan fingerprint density at radius 3 is 2.45 bits per heavy atom. The first-order valence-corrected chi connectivity index (χ1v) is 16.9. The van der Waals surface area contributed by atoms with Gasteiger partial charge >= 0.3 is 6.09 Å². The number of hydrogen-bond donors (Lipinski definition) is 4. The Balaban J connectivity index is 1.19. The number of carbonyl (C=O) groups is 2. The van der Waals surface area contributed by atoms with Crippen molar-refractivity contribution in [1.29, 1.82) is 0 Å². The standard InChI is InChI=1S/C37H45N5O7/c1-23(2)38-36-39-31-18-27(14-15-33(31)48-36)35(44)41-42(19-26-12-8-5-9-13-26)20-32(43)30(17-25-10-6-4-7-11-25)40-37(45)49-34-28-16-24(3)29(34)22-47-46-21-28/h4-15,18,23-24,28-30,32,34,43H,16-17,19-22H2,1-3H3,(H,38,39)(H,40,45)(H,41,44)/t24?,28?,29?,30-,32+,34?/m0/s1. The van der Waals surface area contributed by atoms with Gasteiger partial charge in [-0.3, -0.25) is 10.2 Å². The number of anilines is 1. The molecule has 12 heteroatoms. The number of nitrogens with zero attached hydrogens (tertiary/aromatic N) is 2. The first-order chi connectivity index (χ1) is 23.7. The Morgan fingerprint density at radius 1 is 1.00 bits per heavy atom. The molecule has 0 spiro atoms. The SMILES string of the molecule is CC(C)Nc1nc2cc(C(=O)NN(Cc3ccccc3)C[C@@H](O)[C@H](Cc3ccccc3)NC(=O)OC3C4COOCC3C(C)C4)ccc2o1. The molecule has 260 valence electrons. The zero-order valence-corrected chi connectivity index (χ0v) is 28.1. The van der Waals surface area contributed by atoms with Crippen molar-refractivity contribution >= 4 is 29.1 Å². The fourth-order valence-corrected chi connectivity index (χ4v) is 6.68. The molecule has 4 aromatic rings. The van der Waals surface area contributed by atoms with Gasteiger partial charge in [0.1, 0.15) is 11.6 Å². The van der Waals surface area contributed by atoms with Crippen LogP contribution < -0.4 is 16.1 Å². The Morgan fingerprint density at radius 2 is 1.71 bits per heavy atom. The predicted molar refractivity (Wildman–Crippen MR) is 183 cm³/mol. The van der Waals surface area contributed by atoms with Crippen molar-refractivity contribution in [2.75, 3.05) is 25.1 Å². The average Bonchev–Trinajstić information content (AvgIpc) is 3.53. The third-order valence-corrected chi connectivity index (χ3v) is 9.17. The minimum Gasteiger partial charge on any atom is -0.445 e. The number of alkyl carbamates (subject to hydrolysis) is 1. The van der Waals surface area contributed by atoms with Crippen molar-refractivity contribution in [1.82, 2.24) is 20.7 Å². The zero-order chi connectivity index (χ0) is 34.3. The van der Waals surface area contributed by atoms with Gasteiger partial charge in [-0.1, -0.05) is 67.6 Å². The highest BCUT2D eigenvalue weighted by Gasteiger charge is 2.46. The minimum atomic E-state index is -1.09. The molecule has 2 heterocycles. The molecule has 6 atom stereocenters. The molecule has 1 saturated carbocycles. The van der Waals surface area contributed by atoms with E-state index in [1.807, 2.05) is 74.5 Å². The number of carbonyl (C=O) groups excluding carboxylic acids is 2. The summed E-state index contributed by atoms with van der Waals surface area (Å²) in [5.41, 5.74) is 6.33. The molecule has 3 aromatic carbocycles. The number of fused-ring (bicyclic) bond motifs is 3. The van der Waals surface area contributed by atoms with Gasteiger partial charge in [0, 0.05) is 36.5 Å². The van der Waals surface area contributed by atoms with E-state index in [-0.39, 0.29) is 36.4 Å². The molecule has 2 fully saturated rings. The maximum absolute atomic E-state index is 13.6. The lowest BCUT2D eigenvalue weighted by molar-refractivity contribution is -0.302. The fraction of sp³-hybridized carbons (Fsp3) is 0.432. The van der Waals surface area contributed by atoms with E-state index >= 15 is 0 Å². The summed E-state index contributed by atoms with van der Waals surface area (Å²) >= 11 is 0. The van der Waals surface area contributed by atoms with Crippen molar-refractivity contribution in [3.05, 3.63) is 95.6 Å². The lowest BCUT2D eigenvalue weighted by Gasteiger charge is -2.31. The number of rotatable bonds is 13. The second kappa shape index (κ2) is 15.8. The minimum absolute atomic E-state index is 0.0144. The number of ether oxygens (including phenoxy) is 1. The number of nitrogens with one attached hydrogen (secondary N) is 3. The van der Waals surface area contributed by atoms with Gasteiger partial charge < -0.3 is 24.9 Å². The van der Waals surface area contributed by atoms with Crippen molar-refractivity contribution in [2.45, 2.75) is 64.4 Å². The van der Waals surface area contributed by atoms with Gasteiger partial charge in [-0.25, -0.2) is 19.6 Å². The number of hydrogen-bond acceptors (Lipinski definition) is 10. The normalized spacial score (nSPS) is 21.7. The highest BCUT2D eigenvalue weighted by atomic mass is 17.2. The van der Waals surface area contributed by atoms with Gasteiger partial charge in [-0.15, -0.1) is 0 Å². The topological polar surface area (TPSA) is 147 Å². The molecule has 1 aliphatic heterocycles. The van der Waals surface area contributed by atoms with E-state index in [1.54, 1.807) is 23.2 Å². The van der Waals surface area contributed by atoms with Gasteiger partial charge in [0.25, 0.3) is 11.9 Å². The molecule has 49 heavy (non-hydrogen) atoms. The van der Waals surface area contributed by atoms with Crippen LogP contribution >= 0.6 is 0 Å². The van der Waals surface area contributed by atoms with E-state index < -0.39 is 18.2 Å². The van der Waals surface area contributed by atoms with E-state index in [2.05, 4.69) is 28.0 Å². The van der Waals surface area contributed by atoms with Crippen LogP contribution in [0, 0.1) is 17.8 Å². The predicted octanol–water partition coefficient (Wildman–Crippen LogP) is 5.10. The van der Waals surface area contributed by atoms with E-state index in [0.717, 1.165) is 17.5 Å². The molecule has 6 rings (SSSR count). The number of aliphatic hydroxyl groups excluding tert-OH is 1. The number of oxazole rings is 1. The molecule has 1 saturated heterocycles. The lowest BCUT2D eigenvalue weighted by atomic mass is 9.97. The summed E-state index contributed by atoms with van der Waals surface area (Å²) in [4.78, 5) is 42.1. The van der Waals surface area contributed by atoms with E-state index in [4.69, 9.17) is 18.9 Å². The quantitative estimate of drug-likeness (QED) is 0.112. The monoisotopic (exact) mass is 671 g/mol. The van der Waals surface area contributed by atoms with Crippen LogP contribution in [0.4, 0.5) is 10.8 Å². The van der Waals surface area contributed by atoms with Crippen LogP contribution in [0.25, 0.3) is 11.1 Å². The summed E-state index contributed by atoms with van der Waals surface area (Å²) in [5.74, 6) is 0.0239. The van der Waals surface area contributed by atoms with Crippen molar-refractivity contribution in [3.63, 3.8) is 0 Å². The van der Waals surface area contributed by atoms with Crippen LogP contribution in [0.5, 0.6) is 0 Å². The molecular weight excluding hydrogens is 626 g/mol. The molecule has 2 amide bonds. The molecule has 2 aliphatic rings. The fourth-order valence-electron chi connectivity index (χ4n) is 6.68. The molecule has 1 aromatic heterocycles. The van der Waals surface area contributed by atoms with Gasteiger partial charge in [-0.2, -0.15) is 4.98 Å². The van der Waals surface area contributed by atoms with E-state index in [0.29, 0.717) is 54.8 Å². The van der Waals surface area contributed by atoms with Crippen molar-refractivity contribution in [3.8, 4) is 0 Å². The smallest absolute Gasteiger partial charge is 0.407 e. The van der Waals surface area contributed by atoms with Crippen LogP contribution in [0.2, 0.25) is 0 Å². The molecule has 0 radical (unpaired) electrons.